The number of aryl methyl sites for hydroxylation is 1. The van der Waals surface area contributed by atoms with Crippen molar-refractivity contribution < 1.29 is 0 Å². The van der Waals surface area contributed by atoms with Gasteiger partial charge in [0.1, 0.15) is 5.82 Å². The standard InChI is InChI=1S/C21H23ClN4/c1-3-26(19-7-5-4-6-8-19)20-15-16(2)24-21(25-20)23-14-13-17-9-11-18(22)12-10-17/h4-12,15H,3,13-14H2,1-2H3,(H,23,24,25). The summed E-state index contributed by atoms with van der Waals surface area (Å²) in [5, 5.41) is 4.10. The summed E-state index contributed by atoms with van der Waals surface area (Å²) in [5.74, 6) is 1.56. The summed E-state index contributed by atoms with van der Waals surface area (Å²) in [7, 11) is 0. The van der Waals surface area contributed by atoms with Crippen molar-refractivity contribution >= 4 is 29.1 Å². The maximum absolute atomic E-state index is 5.93. The van der Waals surface area contributed by atoms with Crippen molar-refractivity contribution in [3.63, 3.8) is 0 Å². The number of nitrogens with one attached hydrogen (secondary N) is 1. The molecule has 2 aromatic carbocycles. The zero-order valence-electron chi connectivity index (χ0n) is 15.1. The van der Waals surface area contributed by atoms with Crippen LogP contribution in [0.2, 0.25) is 5.02 Å². The first kappa shape index (κ1) is 18.2. The van der Waals surface area contributed by atoms with Crippen LogP contribution in [0.25, 0.3) is 0 Å². The third kappa shape index (κ3) is 4.73. The summed E-state index contributed by atoms with van der Waals surface area (Å²) >= 11 is 5.93. The number of hydrogen-bond donors (Lipinski definition) is 1. The van der Waals surface area contributed by atoms with E-state index in [1.54, 1.807) is 0 Å². The number of hydrogen-bond acceptors (Lipinski definition) is 4. The highest BCUT2D eigenvalue weighted by Gasteiger charge is 2.11. The predicted molar refractivity (Wildman–Crippen MR) is 110 cm³/mol. The van der Waals surface area contributed by atoms with E-state index in [0.29, 0.717) is 5.95 Å². The lowest BCUT2D eigenvalue weighted by molar-refractivity contribution is 0.941. The zero-order valence-corrected chi connectivity index (χ0v) is 15.9. The summed E-state index contributed by atoms with van der Waals surface area (Å²) in [4.78, 5) is 11.4. The van der Waals surface area contributed by atoms with E-state index in [2.05, 4.69) is 34.3 Å². The van der Waals surface area contributed by atoms with Crippen molar-refractivity contribution in [3.8, 4) is 0 Å². The second kappa shape index (κ2) is 8.68. The minimum Gasteiger partial charge on any atom is -0.354 e. The van der Waals surface area contributed by atoms with Crippen LogP contribution in [-0.2, 0) is 6.42 Å². The van der Waals surface area contributed by atoms with Crippen molar-refractivity contribution in [1.82, 2.24) is 9.97 Å². The van der Waals surface area contributed by atoms with Crippen molar-refractivity contribution in [2.24, 2.45) is 0 Å². The molecule has 0 aliphatic heterocycles. The lowest BCUT2D eigenvalue weighted by Crippen LogP contribution is -2.19. The van der Waals surface area contributed by atoms with Crippen LogP contribution in [0.4, 0.5) is 17.5 Å². The molecular weight excluding hydrogens is 344 g/mol. The molecule has 0 spiro atoms. The van der Waals surface area contributed by atoms with Gasteiger partial charge in [-0.2, -0.15) is 4.98 Å². The maximum atomic E-state index is 5.93. The topological polar surface area (TPSA) is 41.1 Å². The monoisotopic (exact) mass is 366 g/mol. The number of aromatic nitrogens is 2. The highest BCUT2D eigenvalue weighted by molar-refractivity contribution is 6.30. The average molecular weight is 367 g/mol. The molecule has 0 amide bonds. The largest absolute Gasteiger partial charge is 0.354 e. The minimum atomic E-state index is 0.656. The molecule has 1 N–H and O–H groups in total. The second-order valence-corrected chi connectivity index (χ2v) is 6.51. The maximum Gasteiger partial charge on any atom is 0.224 e. The van der Waals surface area contributed by atoms with Crippen molar-refractivity contribution in [2.45, 2.75) is 20.3 Å². The predicted octanol–water partition coefficient (Wildman–Crippen LogP) is 5.25. The lowest BCUT2D eigenvalue weighted by Gasteiger charge is -2.23. The van der Waals surface area contributed by atoms with Gasteiger partial charge in [0.05, 0.1) is 0 Å². The van der Waals surface area contributed by atoms with Gasteiger partial charge >= 0.3 is 0 Å². The summed E-state index contributed by atoms with van der Waals surface area (Å²) in [6.07, 6.45) is 0.889. The van der Waals surface area contributed by atoms with Gasteiger partial charge in [0.15, 0.2) is 0 Å². The van der Waals surface area contributed by atoms with Gasteiger partial charge in [-0.15, -0.1) is 0 Å². The molecule has 0 fully saturated rings. The quantitative estimate of drug-likeness (QED) is 0.620. The van der Waals surface area contributed by atoms with Crippen molar-refractivity contribution in [1.29, 1.82) is 0 Å². The molecule has 5 heteroatoms. The Hall–Kier alpha value is -2.59. The molecular formula is C21H23ClN4. The molecule has 1 heterocycles. The third-order valence-electron chi connectivity index (χ3n) is 4.11. The van der Waals surface area contributed by atoms with E-state index in [9.17, 15) is 0 Å². The van der Waals surface area contributed by atoms with Gasteiger partial charge in [0, 0.05) is 35.6 Å². The fourth-order valence-electron chi connectivity index (χ4n) is 2.82. The fraction of sp³-hybridized carbons (Fsp3) is 0.238. The van der Waals surface area contributed by atoms with Gasteiger partial charge in [0.25, 0.3) is 0 Å². The van der Waals surface area contributed by atoms with Crippen molar-refractivity contribution in [2.75, 3.05) is 23.3 Å². The molecule has 0 saturated heterocycles. The highest BCUT2D eigenvalue weighted by atomic mass is 35.5. The second-order valence-electron chi connectivity index (χ2n) is 6.07. The van der Waals surface area contributed by atoms with Crippen LogP contribution in [0.3, 0.4) is 0 Å². The molecule has 1 aromatic heterocycles. The number of nitrogens with zero attached hydrogens (tertiary/aromatic N) is 3. The molecule has 0 atom stereocenters. The summed E-state index contributed by atoms with van der Waals surface area (Å²) in [6, 6.07) is 20.2. The van der Waals surface area contributed by atoms with Crippen LogP contribution in [0.15, 0.2) is 60.7 Å². The summed E-state index contributed by atoms with van der Waals surface area (Å²) in [5.41, 5.74) is 3.30. The molecule has 4 nitrogen and oxygen atoms in total. The molecule has 0 aliphatic rings. The average Bonchev–Trinajstić information content (AvgIpc) is 2.65. The van der Waals surface area contributed by atoms with E-state index in [4.69, 9.17) is 16.6 Å². The Bertz CT molecular complexity index is 834. The molecule has 3 aromatic rings. The first-order chi connectivity index (χ1) is 12.7. The van der Waals surface area contributed by atoms with Crippen LogP contribution in [-0.4, -0.2) is 23.1 Å². The number of rotatable bonds is 7. The summed E-state index contributed by atoms with van der Waals surface area (Å²) < 4.78 is 0. The SMILES string of the molecule is CCN(c1ccccc1)c1cc(C)nc(NCCc2ccc(Cl)cc2)n1. The molecule has 26 heavy (non-hydrogen) atoms. The van der Waals surface area contributed by atoms with Crippen molar-refractivity contribution in [3.05, 3.63) is 76.9 Å². The fourth-order valence-corrected chi connectivity index (χ4v) is 2.95. The molecule has 0 saturated carbocycles. The molecule has 0 unspecified atom stereocenters. The number of benzene rings is 2. The minimum absolute atomic E-state index is 0.656. The van der Waals surface area contributed by atoms with Gasteiger partial charge in [-0.25, -0.2) is 4.98 Å². The molecule has 0 aliphatic carbocycles. The van der Waals surface area contributed by atoms with E-state index >= 15 is 0 Å². The van der Waals surface area contributed by atoms with E-state index in [1.807, 2.05) is 55.5 Å². The number of anilines is 3. The highest BCUT2D eigenvalue weighted by Crippen LogP contribution is 2.24. The smallest absolute Gasteiger partial charge is 0.224 e. The van der Waals surface area contributed by atoms with E-state index in [0.717, 1.165) is 41.7 Å². The van der Waals surface area contributed by atoms with Gasteiger partial charge in [-0.3, -0.25) is 0 Å². The zero-order chi connectivity index (χ0) is 18.4. The Morgan fingerprint density at radius 1 is 1.00 bits per heavy atom. The Morgan fingerprint density at radius 2 is 1.73 bits per heavy atom. The Labute approximate surface area is 159 Å². The molecule has 0 bridgehead atoms. The molecule has 0 radical (unpaired) electrons. The normalized spacial score (nSPS) is 10.6. The van der Waals surface area contributed by atoms with Gasteiger partial charge in [0.2, 0.25) is 5.95 Å². The lowest BCUT2D eigenvalue weighted by atomic mass is 10.1. The molecule has 3 rings (SSSR count). The van der Waals surface area contributed by atoms with Crippen LogP contribution in [0.1, 0.15) is 18.2 Å². The third-order valence-corrected chi connectivity index (χ3v) is 4.36. The van der Waals surface area contributed by atoms with Gasteiger partial charge in [-0.05, 0) is 50.1 Å². The van der Waals surface area contributed by atoms with Gasteiger partial charge in [-0.1, -0.05) is 41.9 Å². The van der Waals surface area contributed by atoms with Crippen LogP contribution in [0.5, 0.6) is 0 Å². The van der Waals surface area contributed by atoms with Crippen LogP contribution >= 0.6 is 11.6 Å². The van der Waals surface area contributed by atoms with E-state index in [-0.39, 0.29) is 0 Å². The Balaban J connectivity index is 1.71. The first-order valence-corrected chi connectivity index (χ1v) is 9.20. The first-order valence-electron chi connectivity index (χ1n) is 8.82. The van der Waals surface area contributed by atoms with E-state index in [1.165, 1.54) is 5.56 Å². The van der Waals surface area contributed by atoms with Crippen LogP contribution in [0, 0.1) is 6.92 Å². The summed E-state index contributed by atoms with van der Waals surface area (Å²) in [6.45, 7) is 5.72. The Morgan fingerprint density at radius 3 is 2.42 bits per heavy atom. The van der Waals surface area contributed by atoms with Crippen LogP contribution < -0.4 is 10.2 Å². The van der Waals surface area contributed by atoms with E-state index < -0.39 is 0 Å². The number of halogens is 1. The number of para-hydroxylation sites is 1. The Kier molecular flexibility index (Phi) is 6.08. The molecule has 134 valence electrons. The van der Waals surface area contributed by atoms with Gasteiger partial charge < -0.3 is 10.2 Å².